The Morgan fingerprint density at radius 3 is 2.62 bits per heavy atom. The minimum atomic E-state index is -0.0533. The van der Waals surface area contributed by atoms with Crippen molar-refractivity contribution in [3.05, 3.63) is 72.7 Å². The fourth-order valence-corrected chi connectivity index (χ4v) is 4.03. The average molecular weight is 386 g/mol. The first-order chi connectivity index (χ1) is 14.3. The molecule has 1 saturated heterocycles. The van der Waals surface area contributed by atoms with E-state index in [0.717, 1.165) is 43.6 Å². The monoisotopic (exact) mass is 386 g/mol. The molecule has 0 bridgehead atoms. The van der Waals surface area contributed by atoms with Gasteiger partial charge in [0, 0.05) is 31.3 Å². The second-order valence-electron chi connectivity index (χ2n) is 7.56. The van der Waals surface area contributed by atoms with E-state index in [-0.39, 0.29) is 5.91 Å². The Morgan fingerprint density at radius 2 is 1.79 bits per heavy atom. The van der Waals surface area contributed by atoms with Crippen molar-refractivity contribution in [2.45, 2.75) is 19.4 Å². The minimum Gasteiger partial charge on any atom is -0.355 e. The summed E-state index contributed by atoms with van der Waals surface area (Å²) in [6, 6.07) is 19.6. The number of rotatable bonds is 4. The van der Waals surface area contributed by atoms with Gasteiger partial charge in [-0.3, -0.25) is 4.79 Å². The molecule has 4 aromatic rings. The van der Waals surface area contributed by atoms with E-state index in [0.29, 0.717) is 17.4 Å². The standard InChI is InChI=1S/C23H22N4O2/c28-23(20-14-22(29-25-20)18-6-2-1-3-7-18)26-12-10-17(11-13-26)15-27-16-24-19-8-4-5-9-21(19)27/h1-9,14,16-17H,10-13,15H2. The lowest BCUT2D eigenvalue weighted by Crippen LogP contribution is -2.39. The number of hydrogen-bond acceptors (Lipinski definition) is 4. The van der Waals surface area contributed by atoms with Crippen molar-refractivity contribution in [2.75, 3.05) is 13.1 Å². The van der Waals surface area contributed by atoms with Crippen LogP contribution in [0.25, 0.3) is 22.4 Å². The van der Waals surface area contributed by atoms with E-state index in [1.54, 1.807) is 6.07 Å². The highest BCUT2D eigenvalue weighted by Gasteiger charge is 2.26. The van der Waals surface area contributed by atoms with E-state index < -0.39 is 0 Å². The molecule has 1 fully saturated rings. The quantitative estimate of drug-likeness (QED) is 0.526. The highest BCUT2D eigenvalue weighted by atomic mass is 16.5. The molecule has 2 aromatic heterocycles. The second kappa shape index (κ2) is 7.54. The minimum absolute atomic E-state index is 0.0533. The van der Waals surface area contributed by atoms with Crippen LogP contribution in [0.3, 0.4) is 0 Å². The van der Waals surface area contributed by atoms with Gasteiger partial charge in [0.2, 0.25) is 0 Å². The van der Waals surface area contributed by atoms with Gasteiger partial charge in [0.1, 0.15) is 0 Å². The molecule has 1 aliphatic heterocycles. The van der Waals surface area contributed by atoms with E-state index in [2.05, 4.69) is 20.8 Å². The van der Waals surface area contributed by atoms with Crippen molar-refractivity contribution in [2.24, 2.45) is 5.92 Å². The molecule has 146 valence electrons. The summed E-state index contributed by atoms with van der Waals surface area (Å²) in [4.78, 5) is 19.2. The van der Waals surface area contributed by atoms with Crippen LogP contribution >= 0.6 is 0 Å². The number of piperidine rings is 1. The van der Waals surface area contributed by atoms with Gasteiger partial charge < -0.3 is 14.0 Å². The summed E-state index contributed by atoms with van der Waals surface area (Å²) in [5, 5.41) is 4.00. The molecular formula is C23H22N4O2. The zero-order chi connectivity index (χ0) is 19.6. The Bertz CT molecular complexity index is 1120. The number of aromatic nitrogens is 3. The van der Waals surface area contributed by atoms with Gasteiger partial charge in [0.15, 0.2) is 11.5 Å². The fraction of sp³-hybridized carbons (Fsp3) is 0.261. The number of carbonyl (C=O) groups excluding carboxylic acids is 1. The molecule has 2 aromatic carbocycles. The number of hydrogen-bond donors (Lipinski definition) is 0. The Labute approximate surface area is 168 Å². The van der Waals surface area contributed by atoms with Crippen molar-refractivity contribution in [3.63, 3.8) is 0 Å². The fourth-order valence-electron chi connectivity index (χ4n) is 4.03. The molecule has 0 N–H and O–H groups in total. The molecule has 3 heterocycles. The summed E-state index contributed by atoms with van der Waals surface area (Å²) in [6.07, 6.45) is 3.87. The van der Waals surface area contributed by atoms with E-state index in [1.807, 2.05) is 59.8 Å². The zero-order valence-electron chi connectivity index (χ0n) is 16.1. The summed E-state index contributed by atoms with van der Waals surface area (Å²) in [6.45, 7) is 2.41. The first-order valence-electron chi connectivity index (χ1n) is 9.99. The average Bonchev–Trinajstić information content (AvgIpc) is 3.43. The van der Waals surface area contributed by atoms with Crippen molar-refractivity contribution in [1.29, 1.82) is 0 Å². The van der Waals surface area contributed by atoms with Gasteiger partial charge in [-0.2, -0.15) is 0 Å². The first-order valence-corrected chi connectivity index (χ1v) is 9.99. The number of carbonyl (C=O) groups is 1. The molecule has 0 spiro atoms. The highest BCUT2D eigenvalue weighted by molar-refractivity contribution is 5.93. The topological polar surface area (TPSA) is 64.2 Å². The van der Waals surface area contributed by atoms with Crippen molar-refractivity contribution in [1.82, 2.24) is 19.6 Å². The van der Waals surface area contributed by atoms with E-state index >= 15 is 0 Å². The number of benzene rings is 2. The number of amides is 1. The van der Waals surface area contributed by atoms with Gasteiger partial charge in [-0.05, 0) is 30.9 Å². The van der Waals surface area contributed by atoms with Crippen molar-refractivity contribution >= 4 is 16.9 Å². The summed E-state index contributed by atoms with van der Waals surface area (Å²) < 4.78 is 7.61. The van der Waals surface area contributed by atoms with E-state index in [4.69, 9.17) is 4.52 Å². The predicted octanol–water partition coefficient (Wildman–Crippen LogP) is 4.24. The summed E-state index contributed by atoms with van der Waals surface area (Å²) in [5.74, 6) is 1.10. The van der Waals surface area contributed by atoms with Crippen LogP contribution in [0.2, 0.25) is 0 Å². The molecule has 0 atom stereocenters. The van der Waals surface area contributed by atoms with Crippen LogP contribution in [0.1, 0.15) is 23.3 Å². The normalized spacial score (nSPS) is 15.1. The Balaban J connectivity index is 1.22. The Kier molecular flexibility index (Phi) is 4.60. The van der Waals surface area contributed by atoms with Crippen LogP contribution < -0.4 is 0 Å². The molecule has 0 saturated carbocycles. The second-order valence-corrected chi connectivity index (χ2v) is 7.56. The van der Waals surface area contributed by atoms with Gasteiger partial charge in [-0.15, -0.1) is 0 Å². The zero-order valence-corrected chi connectivity index (χ0v) is 16.1. The van der Waals surface area contributed by atoms with Gasteiger partial charge in [-0.1, -0.05) is 47.6 Å². The third-order valence-corrected chi connectivity index (χ3v) is 5.67. The molecule has 6 heteroatoms. The maximum absolute atomic E-state index is 12.8. The van der Waals surface area contributed by atoms with Gasteiger partial charge in [0.25, 0.3) is 5.91 Å². The lowest BCUT2D eigenvalue weighted by molar-refractivity contribution is 0.0673. The lowest BCUT2D eigenvalue weighted by atomic mass is 9.96. The van der Waals surface area contributed by atoms with Gasteiger partial charge >= 0.3 is 0 Å². The smallest absolute Gasteiger partial charge is 0.276 e. The third kappa shape index (κ3) is 3.53. The number of fused-ring (bicyclic) bond motifs is 1. The summed E-state index contributed by atoms with van der Waals surface area (Å²) >= 11 is 0. The molecular weight excluding hydrogens is 364 g/mol. The molecule has 0 aliphatic carbocycles. The molecule has 5 rings (SSSR count). The largest absolute Gasteiger partial charge is 0.355 e. The van der Waals surface area contributed by atoms with Crippen LogP contribution in [-0.2, 0) is 6.54 Å². The van der Waals surface area contributed by atoms with Crippen molar-refractivity contribution < 1.29 is 9.32 Å². The van der Waals surface area contributed by atoms with Gasteiger partial charge in [0.05, 0.1) is 17.4 Å². The molecule has 1 amide bonds. The summed E-state index contributed by atoms with van der Waals surface area (Å²) in [7, 11) is 0. The van der Waals surface area contributed by atoms with E-state index in [9.17, 15) is 4.79 Å². The van der Waals surface area contributed by atoms with Crippen LogP contribution in [0.5, 0.6) is 0 Å². The number of likely N-dealkylation sites (tertiary alicyclic amines) is 1. The van der Waals surface area contributed by atoms with Gasteiger partial charge in [-0.25, -0.2) is 4.98 Å². The highest BCUT2D eigenvalue weighted by Crippen LogP contribution is 2.24. The maximum atomic E-state index is 12.8. The number of nitrogens with zero attached hydrogens (tertiary/aromatic N) is 4. The third-order valence-electron chi connectivity index (χ3n) is 5.67. The molecule has 1 aliphatic rings. The van der Waals surface area contributed by atoms with E-state index in [1.165, 1.54) is 5.52 Å². The maximum Gasteiger partial charge on any atom is 0.276 e. The SMILES string of the molecule is O=C(c1cc(-c2ccccc2)on1)N1CCC(Cn2cnc3ccccc32)CC1. The molecule has 6 nitrogen and oxygen atoms in total. The van der Waals surface area contributed by atoms with Crippen LogP contribution in [0.15, 0.2) is 71.5 Å². The van der Waals surface area contributed by atoms with Crippen molar-refractivity contribution in [3.8, 4) is 11.3 Å². The summed E-state index contributed by atoms with van der Waals surface area (Å²) in [5.41, 5.74) is 3.50. The lowest BCUT2D eigenvalue weighted by Gasteiger charge is -2.31. The molecule has 0 unspecified atom stereocenters. The molecule has 29 heavy (non-hydrogen) atoms. The number of imidazole rings is 1. The van der Waals surface area contributed by atoms with Crippen LogP contribution in [-0.4, -0.2) is 38.6 Å². The van der Waals surface area contributed by atoms with Crippen LogP contribution in [0.4, 0.5) is 0 Å². The van der Waals surface area contributed by atoms with Crippen LogP contribution in [0, 0.1) is 5.92 Å². The predicted molar refractivity (Wildman–Crippen MR) is 110 cm³/mol. The number of para-hydroxylation sites is 2. The molecule has 0 radical (unpaired) electrons. The Morgan fingerprint density at radius 1 is 1.03 bits per heavy atom. The Hall–Kier alpha value is -3.41. The first kappa shape index (κ1) is 17.7.